The van der Waals surface area contributed by atoms with Gasteiger partial charge in [-0.25, -0.2) is 4.39 Å². The predicted molar refractivity (Wildman–Crippen MR) is 169 cm³/mol. The highest BCUT2D eigenvalue weighted by atomic mass is 19.1. The van der Waals surface area contributed by atoms with E-state index in [1.54, 1.807) is 7.11 Å². The Kier molecular flexibility index (Phi) is 12.5. The third-order valence-electron chi connectivity index (χ3n) is 9.85. The molecule has 0 aromatic heterocycles. The lowest BCUT2D eigenvalue weighted by atomic mass is 9.83. The molecule has 3 unspecified atom stereocenters. The monoisotopic (exact) mass is 578 g/mol. The molecule has 2 heterocycles. The van der Waals surface area contributed by atoms with E-state index in [0.29, 0.717) is 19.6 Å². The first-order chi connectivity index (χ1) is 19.3. The molecule has 0 spiro atoms. The van der Waals surface area contributed by atoms with Crippen LogP contribution in [0.1, 0.15) is 87.5 Å². The van der Waals surface area contributed by atoms with Gasteiger partial charge < -0.3 is 19.9 Å². The second-order valence-corrected chi connectivity index (χ2v) is 14.0. The van der Waals surface area contributed by atoms with Crippen LogP contribution in [-0.2, 0) is 4.74 Å². The van der Waals surface area contributed by atoms with E-state index in [-0.39, 0.29) is 34.7 Å². The molecule has 7 heteroatoms. The number of piperazine rings is 1. The summed E-state index contributed by atoms with van der Waals surface area (Å²) in [6.45, 7) is 24.2. The van der Waals surface area contributed by atoms with E-state index in [0.717, 1.165) is 87.4 Å². The van der Waals surface area contributed by atoms with Gasteiger partial charge in [0.05, 0.1) is 29.7 Å². The summed E-state index contributed by atoms with van der Waals surface area (Å²) in [7, 11) is 1.78. The molecule has 41 heavy (non-hydrogen) atoms. The number of allylic oxidation sites excluding steroid dienone is 3. The van der Waals surface area contributed by atoms with Crippen LogP contribution in [0.25, 0.3) is 0 Å². The fourth-order valence-corrected chi connectivity index (χ4v) is 6.72. The first kappa shape index (κ1) is 34.2. The maximum atomic E-state index is 15.9. The number of nitrogens with one attached hydrogen (secondary N) is 1. The Hall–Kier alpha value is -1.25. The standard InChI is InChI=1S/C34H60FN3O3/c1-10-24(3)31-30(41-11-2)20-27-22-37(23-28(27)32(31)35)17-13-29(39)26(12-14-33(5,6)7)21-34(8,25(4)40-9)38-18-15-36-16-19-38/h21,24-25,27,29,36,39H,10-20,22-23H2,1-9H3/p+1/b26-21+/t24-,25-,27?,29?,34?/m0/s1. The van der Waals surface area contributed by atoms with Crippen molar-refractivity contribution < 1.29 is 19.0 Å². The normalized spacial score (nSPS) is 25.2. The van der Waals surface area contributed by atoms with E-state index in [1.807, 2.05) is 6.92 Å². The van der Waals surface area contributed by atoms with Gasteiger partial charge in [-0.2, -0.15) is 0 Å². The zero-order valence-corrected chi connectivity index (χ0v) is 27.7. The van der Waals surface area contributed by atoms with Crippen LogP contribution in [0.3, 0.4) is 0 Å². The average molecular weight is 579 g/mol. The molecule has 3 rings (SSSR count). The van der Waals surface area contributed by atoms with Gasteiger partial charge in [0.2, 0.25) is 5.76 Å². The van der Waals surface area contributed by atoms with Crippen molar-refractivity contribution in [1.82, 2.24) is 15.1 Å². The van der Waals surface area contributed by atoms with Crippen LogP contribution in [0.2, 0.25) is 0 Å². The zero-order chi connectivity index (χ0) is 30.4. The van der Waals surface area contributed by atoms with Crippen molar-refractivity contribution in [1.29, 1.82) is 0 Å². The first-order valence-corrected chi connectivity index (χ1v) is 16.2. The largest absolute Gasteiger partial charge is 0.586 e. The van der Waals surface area contributed by atoms with Gasteiger partial charge in [0.25, 0.3) is 0 Å². The highest BCUT2D eigenvalue weighted by Crippen LogP contribution is 2.43. The molecule has 2 aliphatic heterocycles. The van der Waals surface area contributed by atoms with E-state index in [4.69, 9.17) is 9.47 Å². The molecule has 0 bridgehead atoms. The fourth-order valence-electron chi connectivity index (χ4n) is 6.72. The number of aliphatic hydroxyl groups excluding tert-OH is 1. The molecule has 0 aromatic carbocycles. The van der Waals surface area contributed by atoms with Crippen molar-refractivity contribution in [2.75, 3.05) is 59.5 Å². The van der Waals surface area contributed by atoms with Crippen LogP contribution in [0.5, 0.6) is 0 Å². The van der Waals surface area contributed by atoms with E-state index in [2.05, 4.69) is 69.7 Å². The average Bonchev–Trinajstić information content (AvgIpc) is 3.36. The SMILES string of the molecule is CC[OH+]C1=C([C@@H](C)CC)C(F)=C2CN(CCC(O)/C(=C/C(C)([C@H](C)OC)N3CCNCC3)CCC(C)(C)C)CC2C1. The van der Waals surface area contributed by atoms with Crippen LogP contribution < -0.4 is 5.32 Å². The molecule has 0 aromatic rings. The smallest absolute Gasteiger partial charge is 0.236 e. The van der Waals surface area contributed by atoms with E-state index >= 15 is 4.39 Å². The van der Waals surface area contributed by atoms with E-state index in [9.17, 15) is 5.11 Å². The van der Waals surface area contributed by atoms with Crippen molar-refractivity contribution in [2.24, 2.45) is 17.3 Å². The zero-order valence-electron chi connectivity index (χ0n) is 27.7. The van der Waals surface area contributed by atoms with Crippen molar-refractivity contribution in [3.63, 3.8) is 0 Å². The molecule has 0 saturated carbocycles. The number of ether oxygens (including phenoxy) is 2. The van der Waals surface area contributed by atoms with Gasteiger partial charge in [-0.15, -0.1) is 0 Å². The molecule has 5 atom stereocenters. The van der Waals surface area contributed by atoms with Crippen molar-refractivity contribution in [2.45, 2.75) is 105 Å². The molecule has 2 fully saturated rings. The molecule has 236 valence electrons. The third kappa shape index (κ3) is 8.66. The molecule has 0 radical (unpaired) electrons. The van der Waals surface area contributed by atoms with Gasteiger partial charge >= 0.3 is 0 Å². The molecular formula is C34H61FN3O3+. The molecule has 1 aliphatic carbocycles. The summed E-state index contributed by atoms with van der Waals surface area (Å²) in [5.74, 6) is 1.35. The van der Waals surface area contributed by atoms with Gasteiger partial charge in [0.15, 0.2) is 6.61 Å². The topological polar surface area (TPSA) is 60.8 Å². The Bertz CT molecular complexity index is 949. The number of methoxy groups -OCH3 is 1. The summed E-state index contributed by atoms with van der Waals surface area (Å²) in [5.41, 5.74) is 2.77. The number of hydrogen-bond donors (Lipinski definition) is 2. The van der Waals surface area contributed by atoms with Gasteiger partial charge in [-0.1, -0.05) is 40.7 Å². The summed E-state index contributed by atoms with van der Waals surface area (Å²) in [6.07, 6.45) is 6.04. The molecule has 2 saturated heterocycles. The van der Waals surface area contributed by atoms with Gasteiger partial charge in [0, 0.05) is 65.8 Å². The Balaban J connectivity index is 1.78. The van der Waals surface area contributed by atoms with Crippen LogP contribution in [0.4, 0.5) is 4.39 Å². The first-order valence-electron chi connectivity index (χ1n) is 16.2. The summed E-state index contributed by atoms with van der Waals surface area (Å²) in [6, 6.07) is 0. The van der Waals surface area contributed by atoms with Gasteiger partial charge in [-0.3, -0.25) is 9.80 Å². The maximum Gasteiger partial charge on any atom is 0.236 e. The van der Waals surface area contributed by atoms with Crippen LogP contribution >= 0.6 is 0 Å². The van der Waals surface area contributed by atoms with Crippen LogP contribution in [-0.4, -0.2) is 96.9 Å². The number of nitrogens with zero attached hydrogens (tertiary/aromatic N) is 2. The molecule has 3 aliphatic rings. The Morgan fingerprint density at radius 3 is 2.46 bits per heavy atom. The van der Waals surface area contributed by atoms with Gasteiger partial charge in [-0.05, 0) is 62.0 Å². The quantitative estimate of drug-likeness (QED) is 0.208. The maximum absolute atomic E-state index is 15.9. The number of hydrogen-bond acceptors (Lipinski definition) is 5. The fraction of sp³-hybridized carbons (Fsp3) is 0.824. The van der Waals surface area contributed by atoms with Crippen molar-refractivity contribution in [3.8, 4) is 0 Å². The molecule has 6 nitrogen and oxygen atoms in total. The minimum absolute atomic E-state index is 0.00282. The number of fused-ring (bicyclic) bond motifs is 1. The number of rotatable bonds is 14. The summed E-state index contributed by atoms with van der Waals surface area (Å²) >= 11 is 0. The molecular weight excluding hydrogens is 517 g/mol. The minimum Gasteiger partial charge on any atom is -0.586 e. The molecule has 3 N–H and O–H groups in total. The Morgan fingerprint density at radius 1 is 1.20 bits per heavy atom. The highest BCUT2D eigenvalue weighted by Gasteiger charge is 2.41. The Labute approximate surface area is 250 Å². The van der Waals surface area contributed by atoms with E-state index < -0.39 is 6.10 Å². The van der Waals surface area contributed by atoms with Crippen LogP contribution in [0.15, 0.2) is 34.4 Å². The van der Waals surface area contributed by atoms with Gasteiger partial charge in [0.1, 0.15) is 5.83 Å². The lowest BCUT2D eigenvalue weighted by Gasteiger charge is -2.45. The highest BCUT2D eigenvalue weighted by molar-refractivity contribution is 5.41. The Morgan fingerprint density at radius 2 is 1.88 bits per heavy atom. The second-order valence-electron chi connectivity index (χ2n) is 14.0. The predicted octanol–water partition coefficient (Wildman–Crippen LogP) is 5.60. The van der Waals surface area contributed by atoms with Crippen LogP contribution in [0, 0.1) is 17.3 Å². The third-order valence-corrected chi connectivity index (χ3v) is 9.85. The summed E-state index contributed by atoms with van der Waals surface area (Å²) < 4.78 is 26.5. The lowest BCUT2D eigenvalue weighted by Crippen LogP contribution is -2.59. The summed E-state index contributed by atoms with van der Waals surface area (Å²) in [4.78, 5) is 4.85. The second kappa shape index (κ2) is 15.0. The minimum atomic E-state index is -0.537. The summed E-state index contributed by atoms with van der Waals surface area (Å²) in [5, 5.41) is 15.1. The number of halogens is 1. The lowest BCUT2D eigenvalue weighted by molar-refractivity contribution is -0.0148. The number of aliphatic hydroxyl groups is 3. The van der Waals surface area contributed by atoms with Crippen molar-refractivity contribution >= 4 is 0 Å². The van der Waals surface area contributed by atoms with E-state index in [1.165, 1.54) is 0 Å². The number of likely N-dealkylation sites (tertiary alicyclic amines) is 1. The molecule has 0 amide bonds. The van der Waals surface area contributed by atoms with Crippen molar-refractivity contribution in [3.05, 3.63) is 34.4 Å².